The second kappa shape index (κ2) is 15.6. The van der Waals surface area contributed by atoms with Gasteiger partial charge in [-0.05, 0) is 48.2 Å². The van der Waals surface area contributed by atoms with E-state index in [-0.39, 0.29) is 5.75 Å². The van der Waals surface area contributed by atoms with E-state index in [0.29, 0.717) is 12.3 Å². The minimum atomic E-state index is 0.174. The average Bonchev–Trinajstić information content (AvgIpc) is 2.80. The number of phenolic OH excluding ortho intramolecular Hbond substituents is 1. The average molecular weight is 426 g/mol. The summed E-state index contributed by atoms with van der Waals surface area (Å²) in [5.74, 6) is 0.686. The molecule has 31 heavy (non-hydrogen) atoms. The van der Waals surface area contributed by atoms with Gasteiger partial charge in [0.25, 0.3) is 0 Å². The topological polar surface area (TPSA) is 41.5 Å². The molecule has 0 fully saturated rings. The van der Waals surface area contributed by atoms with Crippen molar-refractivity contribution in [3.8, 4) is 11.5 Å². The van der Waals surface area contributed by atoms with Gasteiger partial charge >= 0.3 is 0 Å². The van der Waals surface area contributed by atoms with Gasteiger partial charge in [0.2, 0.25) is 0 Å². The highest BCUT2D eigenvalue weighted by Crippen LogP contribution is 2.26. The van der Waals surface area contributed by atoms with Crippen LogP contribution in [0.25, 0.3) is 0 Å². The molecule has 3 nitrogen and oxygen atoms in total. The van der Waals surface area contributed by atoms with Crippen LogP contribution in [0.5, 0.6) is 11.5 Å². The number of aryl methyl sites for hydroxylation is 1. The van der Waals surface area contributed by atoms with E-state index >= 15 is 0 Å². The van der Waals surface area contributed by atoms with Gasteiger partial charge in [0.05, 0.1) is 7.11 Å². The fourth-order valence-electron chi connectivity index (χ4n) is 4.00. The number of aromatic hydroxyl groups is 1. The number of benzene rings is 2. The van der Waals surface area contributed by atoms with E-state index in [1.54, 1.807) is 13.2 Å². The maximum absolute atomic E-state index is 9.69. The van der Waals surface area contributed by atoms with Crippen molar-refractivity contribution in [2.24, 2.45) is 0 Å². The first-order valence-corrected chi connectivity index (χ1v) is 12.4. The van der Waals surface area contributed by atoms with Crippen molar-refractivity contribution in [2.75, 3.05) is 12.4 Å². The summed E-state index contributed by atoms with van der Waals surface area (Å²) in [6.07, 6.45) is 17.9. The number of anilines is 1. The molecule has 0 aliphatic carbocycles. The predicted octanol–water partition coefficient (Wildman–Crippen LogP) is 8.26. The Labute approximate surface area is 190 Å². The first kappa shape index (κ1) is 25.1. The molecular weight excluding hydrogens is 382 g/mol. The summed E-state index contributed by atoms with van der Waals surface area (Å²) >= 11 is 0. The minimum Gasteiger partial charge on any atom is -0.504 e. The van der Waals surface area contributed by atoms with Crippen molar-refractivity contribution in [2.45, 2.75) is 96.9 Å². The molecule has 3 heteroatoms. The standard InChI is InChI=1S/C28H43NO2/c1-3-4-5-6-7-8-9-10-11-12-13-14-15-24-16-19-26(20-17-24)29-23-25-18-21-27(30)28(22-25)31-2/h16-22,29-30H,3-15,23H2,1-2H3. The lowest BCUT2D eigenvalue weighted by molar-refractivity contribution is 0.373. The molecular formula is C28H43NO2. The van der Waals surface area contributed by atoms with Crippen molar-refractivity contribution >= 4 is 5.69 Å². The lowest BCUT2D eigenvalue weighted by Gasteiger charge is -2.10. The van der Waals surface area contributed by atoms with Crippen molar-refractivity contribution in [3.05, 3.63) is 53.6 Å². The van der Waals surface area contributed by atoms with Crippen LogP contribution in [0.1, 0.15) is 95.1 Å². The molecule has 2 N–H and O–H groups in total. The molecule has 172 valence electrons. The van der Waals surface area contributed by atoms with E-state index < -0.39 is 0 Å². The number of nitrogens with one attached hydrogen (secondary N) is 1. The summed E-state index contributed by atoms with van der Waals surface area (Å²) in [6.45, 7) is 2.99. The Morgan fingerprint density at radius 3 is 1.84 bits per heavy atom. The number of hydrogen-bond acceptors (Lipinski definition) is 3. The summed E-state index contributed by atoms with van der Waals surface area (Å²) in [5, 5.41) is 13.1. The summed E-state index contributed by atoms with van der Waals surface area (Å²) in [4.78, 5) is 0. The highest BCUT2D eigenvalue weighted by atomic mass is 16.5. The fraction of sp³-hybridized carbons (Fsp3) is 0.571. The lowest BCUT2D eigenvalue weighted by Crippen LogP contribution is -2.00. The highest BCUT2D eigenvalue weighted by Gasteiger charge is 2.03. The van der Waals surface area contributed by atoms with E-state index in [9.17, 15) is 5.11 Å². The first-order chi connectivity index (χ1) is 15.2. The molecule has 0 bridgehead atoms. The number of unbranched alkanes of at least 4 members (excludes halogenated alkanes) is 11. The molecule has 0 saturated carbocycles. The van der Waals surface area contributed by atoms with E-state index in [1.165, 1.54) is 89.0 Å². The molecule has 0 atom stereocenters. The number of hydrogen-bond donors (Lipinski definition) is 2. The van der Waals surface area contributed by atoms with Crippen LogP contribution in [0.15, 0.2) is 42.5 Å². The van der Waals surface area contributed by atoms with Crippen LogP contribution >= 0.6 is 0 Å². The predicted molar refractivity (Wildman–Crippen MR) is 133 cm³/mol. The van der Waals surface area contributed by atoms with Crippen LogP contribution in [0, 0.1) is 0 Å². The normalized spacial score (nSPS) is 10.9. The number of phenols is 1. The molecule has 0 spiro atoms. The third kappa shape index (κ3) is 10.6. The Hall–Kier alpha value is -2.16. The minimum absolute atomic E-state index is 0.174. The van der Waals surface area contributed by atoms with Crippen molar-refractivity contribution in [1.82, 2.24) is 0 Å². The molecule has 0 heterocycles. The lowest BCUT2D eigenvalue weighted by atomic mass is 10.0. The van der Waals surface area contributed by atoms with E-state index in [1.807, 2.05) is 12.1 Å². The van der Waals surface area contributed by atoms with Crippen molar-refractivity contribution < 1.29 is 9.84 Å². The maximum atomic E-state index is 9.69. The maximum Gasteiger partial charge on any atom is 0.160 e. The largest absolute Gasteiger partial charge is 0.504 e. The third-order valence-corrected chi connectivity index (χ3v) is 6.01. The Morgan fingerprint density at radius 2 is 1.26 bits per heavy atom. The molecule has 0 saturated heterocycles. The molecule has 0 aromatic heterocycles. The van der Waals surface area contributed by atoms with Crippen LogP contribution in [0.3, 0.4) is 0 Å². The Balaban J connectivity index is 1.52. The summed E-state index contributed by atoms with van der Waals surface area (Å²) in [7, 11) is 1.57. The second-order valence-electron chi connectivity index (χ2n) is 8.70. The van der Waals surface area contributed by atoms with Gasteiger partial charge in [-0.1, -0.05) is 95.8 Å². The molecule has 0 unspecified atom stereocenters. The third-order valence-electron chi connectivity index (χ3n) is 6.01. The van der Waals surface area contributed by atoms with Gasteiger partial charge in [0, 0.05) is 12.2 Å². The molecule has 0 aliphatic heterocycles. The number of ether oxygens (including phenoxy) is 1. The van der Waals surface area contributed by atoms with Gasteiger partial charge in [0.1, 0.15) is 0 Å². The Morgan fingerprint density at radius 1 is 0.710 bits per heavy atom. The van der Waals surface area contributed by atoms with Gasteiger partial charge in [-0.2, -0.15) is 0 Å². The van der Waals surface area contributed by atoms with E-state index in [0.717, 1.165) is 11.3 Å². The molecule has 2 aromatic rings. The van der Waals surface area contributed by atoms with Gasteiger partial charge < -0.3 is 15.2 Å². The van der Waals surface area contributed by atoms with E-state index in [4.69, 9.17) is 4.74 Å². The summed E-state index contributed by atoms with van der Waals surface area (Å²) in [6, 6.07) is 14.2. The zero-order chi connectivity index (χ0) is 22.2. The summed E-state index contributed by atoms with van der Waals surface area (Å²) < 4.78 is 5.17. The molecule has 0 amide bonds. The fourth-order valence-corrected chi connectivity index (χ4v) is 4.00. The highest BCUT2D eigenvalue weighted by molar-refractivity contribution is 5.47. The van der Waals surface area contributed by atoms with Crippen LogP contribution in [-0.2, 0) is 13.0 Å². The SMILES string of the molecule is CCCCCCCCCCCCCCc1ccc(NCc2ccc(O)c(OC)c2)cc1. The summed E-state index contributed by atoms with van der Waals surface area (Å²) in [5.41, 5.74) is 3.62. The molecule has 2 rings (SSSR count). The van der Waals surface area contributed by atoms with Gasteiger partial charge in [-0.3, -0.25) is 0 Å². The van der Waals surface area contributed by atoms with E-state index in [2.05, 4.69) is 36.5 Å². The van der Waals surface area contributed by atoms with Crippen LogP contribution in [0.4, 0.5) is 5.69 Å². The Kier molecular flexibility index (Phi) is 12.6. The van der Waals surface area contributed by atoms with Crippen molar-refractivity contribution in [1.29, 1.82) is 0 Å². The molecule has 2 aromatic carbocycles. The van der Waals surface area contributed by atoms with Gasteiger partial charge in [-0.15, -0.1) is 0 Å². The number of rotatable bonds is 17. The van der Waals surface area contributed by atoms with Gasteiger partial charge in [-0.25, -0.2) is 0 Å². The monoisotopic (exact) mass is 425 g/mol. The molecule has 0 radical (unpaired) electrons. The second-order valence-corrected chi connectivity index (χ2v) is 8.70. The van der Waals surface area contributed by atoms with Gasteiger partial charge in [0.15, 0.2) is 11.5 Å². The van der Waals surface area contributed by atoms with Crippen LogP contribution < -0.4 is 10.1 Å². The van der Waals surface area contributed by atoms with Crippen LogP contribution in [0.2, 0.25) is 0 Å². The Bertz CT molecular complexity index is 711. The number of methoxy groups -OCH3 is 1. The van der Waals surface area contributed by atoms with Crippen molar-refractivity contribution in [3.63, 3.8) is 0 Å². The zero-order valence-corrected chi connectivity index (χ0v) is 19.8. The smallest absolute Gasteiger partial charge is 0.160 e. The zero-order valence-electron chi connectivity index (χ0n) is 19.8. The quantitative estimate of drug-likeness (QED) is 0.251. The van der Waals surface area contributed by atoms with Crippen LogP contribution in [-0.4, -0.2) is 12.2 Å². The first-order valence-electron chi connectivity index (χ1n) is 12.4. The molecule has 0 aliphatic rings.